The van der Waals surface area contributed by atoms with Crippen LogP contribution in [0.25, 0.3) is 43.3 Å². The van der Waals surface area contributed by atoms with Gasteiger partial charge in [0.2, 0.25) is 0 Å². The number of aryl methyl sites for hydroxylation is 3. The van der Waals surface area contributed by atoms with Crippen molar-refractivity contribution in [2.24, 2.45) is 0 Å². The average Bonchev–Trinajstić information content (AvgIpc) is 3.11. The van der Waals surface area contributed by atoms with Gasteiger partial charge < -0.3 is 4.42 Å². The highest BCUT2D eigenvalue weighted by Gasteiger charge is 2.15. The van der Waals surface area contributed by atoms with Crippen LogP contribution < -0.4 is 0 Å². The Hall–Kier alpha value is -2.65. The maximum atomic E-state index is 6.29. The minimum Gasteiger partial charge on any atom is -0.455 e. The highest BCUT2D eigenvalue weighted by molar-refractivity contribution is 7.19. The topological polar surface area (TPSA) is 26.0 Å². The predicted molar refractivity (Wildman–Crippen MR) is 107 cm³/mol. The summed E-state index contributed by atoms with van der Waals surface area (Å²) in [4.78, 5) is 5.95. The number of benzene rings is 2. The predicted octanol–water partition coefficient (Wildman–Crippen LogP) is 6.79. The third-order valence-electron chi connectivity index (χ3n) is 4.98. The van der Waals surface area contributed by atoms with Crippen molar-refractivity contribution in [3.63, 3.8) is 0 Å². The molecule has 5 rings (SSSR count). The van der Waals surface area contributed by atoms with Crippen LogP contribution in [0.15, 0.2) is 53.1 Å². The van der Waals surface area contributed by atoms with E-state index in [4.69, 9.17) is 4.42 Å². The molecule has 25 heavy (non-hydrogen) atoms. The molecule has 5 aromatic rings. The summed E-state index contributed by atoms with van der Waals surface area (Å²) in [5.74, 6) is 0. The highest BCUT2D eigenvalue weighted by atomic mass is 32.1. The molecule has 0 aliphatic rings. The Morgan fingerprint density at radius 3 is 2.60 bits per heavy atom. The van der Waals surface area contributed by atoms with Crippen molar-refractivity contribution in [2.75, 3.05) is 0 Å². The van der Waals surface area contributed by atoms with Crippen LogP contribution in [0.2, 0.25) is 0 Å². The molecular formula is C22H17NOS. The van der Waals surface area contributed by atoms with Crippen LogP contribution in [0, 0.1) is 20.8 Å². The molecule has 0 aliphatic carbocycles. The lowest BCUT2D eigenvalue weighted by Crippen LogP contribution is -1.84. The molecule has 0 fully saturated rings. The number of aromatic nitrogens is 1. The van der Waals surface area contributed by atoms with Crippen molar-refractivity contribution in [3.8, 4) is 11.3 Å². The number of hydrogen-bond donors (Lipinski definition) is 0. The van der Waals surface area contributed by atoms with Crippen molar-refractivity contribution >= 4 is 43.4 Å². The number of fused-ring (bicyclic) bond motifs is 4. The van der Waals surface area contributed by atoms with E-state index >= 15 is 0 Å². The van der Waals surface area contributed by atoms with E-state index in [0.29, 0.717) is 0 Å². The standard InChI is InChI=1S/C22H17NOS/c1-12-7-8-19(23-11-12)16-6-4-5-15-18-9-17-13(2)14(3)25-21(17)10-20(18)24-22(15)16/h4-11H,1-3H3. The summed E-state index contributed by atoms with van der Waals surface area (Å²) in [5.41, 5.74) is 6.39. The Morgan fingerprint density at radius 1 is 0.920 bits per heavy atom. The summed E-state index contributed by atoms with van der Waals surface area (Å²) < 4.78 is 7.58. The summed E-state index contributed by atoms with van der Waals surface area (Å²) in [7, 11) is 0. The Balaban J connectivity index is 1.86. The molecule has 0 bridgehead atoms. The highest BCUT2D eigenvalue weighted by Crippen LogP contribution is 2.39. The van der Waals surface area contributed by atoms with Gasteiger partial charge in [0.1, 0.15) is 11.2 Å². The number of thiophene rings is 1. The van der Waals surface area contributed by atoms with Gasteiger partial charge in [0.25, 0.3) is 0 Å². The molecule has 0 amide bonds. The lowest BCUT2D eigenvalue weighted by atomic mass is 10.0. The van der Waals surface area contributed by atoms with Crippen molar-refractivity contribution < 1.29 is 4.42 Å². The summed E-state index contributed by atoms with van der Waals surface area (Å²) in [5, 5.41) is 3.66. The van der Waals surface area contributed by atoms with Crippen LogP contribution in [-0.2, 0) is 0 Å². The number of hydrogen-bond acceptors (Lipinski definition) is 3. The fourth-order valence-electron chi connectivity index (χ4n) is 3.46. The van der Waals surface area contributed by atoms with Crippen LogP contribution in [-0.4, -0.2) is 4.98 Å². The minimum absolute atomic E-state index is 0.917. The monoisotopic (exact) mass is 343 g/mol. The van der Waals surface area contributed by atoms with Crippen molar-refractivity contribution in [2.45, 2.75) is 20.8 Å². The van der Waals surface area contributed by atoms with Crippen LogP contribution in [0.1, 0.15) is 16.0 Å². The van der Waals surface area contributed by atoms with E-state index in [1.165, 1.54) is 25.9 Å². The Kier molecular flexibility index (Phi) is 3.03. The van der Waals surface area contributed by atoms with Gasteiger partial charge in [0.15, 0.2) is 0 Å². The number of pyridine rings is 1. The van der Waals surface area contributed by atoms with Gasteiger partial charge in [0, 0.05) is 32.1 Å². The molecule has 122 valence electrons. The average molecular weight is 343 g/mol. The second-order valence-corrected chi connectivity index (χ2v) is 7.89. The molecule has 3 aromatic heterocycles. The second kappa shape index (κ2) is 5.17. The van der Waals surface area contributed by atoms with Gasteiger partial charge in [-0.1, -0.05) is 18.2 Å². The van der Waals surface area contributed by atoms with Crippen molar-refractivity contribution in [1.82, 2.24) is 4.98 Å². The molecule has 0 saturated carbocycles. The van der Waals surface area contributed by atoms with E-state index < -0.39 is 0 Å². The van der Waals surface area contributed by atoms with Crippen LogP contribution >= 0.6 is 11.3 Å². The van der Waals surface area contributed by atoms with Gasteiger partial charge in [-0.2, -0.15) is 0 Å². The summed E-state index contributed by atoms with van der Waals surface area (Å²) in [6.07, 6.45) is 1.90. The zero-order valence-corrected chi connectivity index (χ0v) is 15.2. The van der Waals surface area contributed by atoms with Gasteiger partial charge >= 0.3 is 0 Å². The molecule has 3 heterocycles. The molecule has 0 N–H and O–H groups in total. The Bertz CT molecular complexity index is 1260. The van der Waals surface area contributed by atoms with Gasteiger partial charge in [-0.15, -0.1) is 11.3 Å². The largest absolute Gasteiger partial charge is 0.455 e. The third kappa shape index (κ3) is 2.12. The van der Waals surface area contributed by atoms with E-state index in [9.17, 15) is 0 Å². The number of furan rings is 1. The van der Waals surface area contributed by atoms with E-state index in [2.05, 4.69) is 68.2 Å². The summed E-state index contributed by atoms with van der Waals surface area (Å²) in [6.45, 7) is 6.43. The molecular weight excluding hydrogens is 326 g/mol. The van der Waals surface area contributed by atoms with Crippen LogP contribution in [0.5, 0.6) is 0 Å². The first-order valence-electron chi connectivity index (χ1n) is 8.40. The van der Waals surface area contributed by atoms with E-state index in [1.54, 1.807) is 0 Å². The zero-order chi connectivity index (χ0) is 17.1. The molecule has 2 nitrogen and oxygen atoms in total. The quantitative estimate of drug-likeness (QED) is 0.335. The van der Waals surface area contributed by atoms with Gasteiger partial charge in [-0.05, 0) is 61.5 Å². The molecule has 0 unspecified atom stereocenters. The molecule has 0 spiro atoms. The zero-order valence-electron chi connectivity index (χ0n) is 14.4. The lowest BCUT2D eigenvalue weighted by molar-refractivity contribution is 0.670. The smallest absolute Gasteiger partial charge is 0.144 e. The maximum absolute atomic E-state index is 6.29. The van der Waals surface area contributed by atoms with Gasteiger partial charge in [0.05, 0.1) is 5.69 Å². The van der Waals surface area contributed by atoms with Gasteiger partial charge in [-0.3, -0.25) is 4.98 Å². The first-order valence-corrected chi connectivity index (χ1v) is 9.21. The Morgan fingerprint density at radius 2 is 1.80 bits per heavy atom. The molecule has 0 radical (unpaired) electrons. The first kappa shape index (κ1) is 14.7. The summed E-state index contributed by atoms with van der Waals surface area (Å²) >= 11 is 1.83. The third-order valence-corrected chi connectivity index (χ3v) is 6.15. The van der Waals surface area contributed by atoms with Crippen molar-refractivity contribution in [1.29, 1.82) is 0 Å². The van der Waals surface area contributed by atoms with Crippen molar-refractivity contribution in [3.05, 3.63) is 64.7 Å². The van der Waals surface area contributed by atoms with E-state index in [0.717, 1.165) is 33.4 Å². The van der Waals surface area contributed by atoms with E-state index in [1.807, 2.05) is 17.5 Å². The Labute approximate surface area is 149 Å². The van der Waals surface area contributed by atoms with Gasteiger partial charge in [-0.25, -0.2) is 0 Å². The SMILES string of the molecule is Cc1ccc(-c2cccc3c2oc2cc4sc(C)c(C)c4cc23)nc1. The molecule has 0 aliphatic heterocycles. The summed E-state index contributed by atoms with van der Waals surface area (Å²) in [6, 6.07) is 14.9. The normalized spacial score (nSPS) is 11.8. The fourth-order valence-corrected chi connectivity index (χ4v) is 4.54. The minimum atomic E-state index is 0.917. The second-order valence-electron chi connectivity index (χ2n) is 6.63. The number of rotatable bonds is 1. The fraction of sp³-hybridized carbons (Fsp3) is 0.136. The molecule has 0 atom stereocenters. The molecule has 3 heteroatoms. The molecule has 0 saturated heterocycles. The first-order chi connectivity index (χ1) is 12.1. The van der Waals surface area contributed by atoms with E-state index in [-0.39, 0.29) is 0 Å². The van der Waals surface area contributed by atoms with Crippen LogP contribution in [0.4, 0.5) is 0 Å². The van der Waals surface area contributed by atoms with Crippen LogP contribution in [0.3, 0.4) is 0 Å². The number of para-hydroxylation sites is 1. The molecule has 2 aromatic carbocycles. The maximum Gasteiger partial charge on any atom is 0.144 e. The number of nitrogens with zero attached hydrogens (tertiary/aromatic N) is 1. The lowest BCUT2D eigenvalue weighted by Gasteiger charge is -2.02.